The van der Waals surface area contributed by atoms with Crippen molar-refractivity contribution in [2.75, 3.05) is 41.5 Å². The molecule has 0 saturated carbocycles. The minimum atomic E-state index is -0.145. The summed E-state index contributed by atoms with van der Waals surface area (Å²) in [5.41, 5.74) is 0. The van der Waals surface area contributed by atoms with Crippen LogP contribution in [-0.2, 0) is 42.9 Å². The van der Waals surface area contributed by atoms with Gasteiger partial charge in [0, 0.05) is 38.5 Å². The Bertz CT molecular complexity index is 879. The molecule has 54 heavy (non-hydrogen) atoms. The molecule has 0 aromatic carbocycles. The second kappa shape index (κ2) is 38.8. The Morgan fingerprint density at radius 2 is 0.759 bits per heavy atom. The minimum Gasteiger partial charge on any atom is -0.469 e. The monoisotopic (exact) mass is 768 g/mol. The van der Waals surface area contributed by atoms with Crippen molar-refractivity contribution in [1.29, 1.82) is 0 Å². The number of unbranched alkanes of at least 4 members (excludes halogenated alkanes) is 19. The van der Waals surface area contributed by atoms with Crippen LogP contribution >= 0.6 is 0 Å². The summed E-state index contributed by atoms with van der Waals surface area (Å²) < 4.78 is 20.7. The van der Waals surface area contributed by atoms with Crippen molar-refractivity contribution in [1.82, 2.24) is 4.90 Å². The molecule has 0 aliphatic rings. The number of rotatable bonds is 40. The number of Topliss-reactive ketones (excluding diaryl/α,β-unsaturated/α-hetero) is 1. The third-order valence-corrected chi connectivity index (χ3v) is 10.0. The number of nitrogens with zero attached hydrogens (tertiary/aromatic N) is 1. The van der Waals surface area contributed by atoms with E-state index in [-0.39, 0.29) is 30.0 Å². The molecule has 1 atom stereocenters. The summed E-state index contributed by atoms with van der Waals surface area (Å²) in [6.45, 7) is 1.36. The Kier molecular flexibility index (Phi) is 37.0. The number of carbonyl (C=O) groups is 5. The van der Waals surface area contributed by atoms with Crippen molar-refractivity contribution in [2.24, 2.45) is 0 Å². The lowest BCUT2D eigenvalue weighted by molar-refractivity contribution is -0.150. The van der Waals surface area contributed by atoms with Crippen molar-refractivity contribution in [3.8, 4) is 0 Å². The topological polar surface area (TPSA) is 126 Å². The lowest BCUT2D eigenvalue weighted by Crippen LogP contribution is -2.20. The predicted molar refractivity (Wildman–Crippen MR) is 216 cm³/mol. The summed E-state index contributed by atoms with van der Waals surface area (Å²) >= 11 is 0. The number of ketones is 1. The molecule has 0 aromatic rings. The third kappa shape index (κ3) is 37.8. The van der Waals surface area contributed by atoms with E-state index in [1.54, 1.807) is 0 Å². The molecule has 0 amide bonds. The maximum absolute atomic E-state index is 12.6. The number of ether oxygens (including phenoxy) is 4. The van der Waals surface area contributed by atoms with Gasteiger partial charge in [0.2, 0.25) is 0 Å². The molecule has 0 aliphatic carbocycles. The van der Waals surface area contributed by atoms with Crippen molar-refractivity contribution in [2.45, 2.75) is 212 Å². The summed E-state index contributed by atoms with van der Waals surface area (Å²) in [7, 11) is 6.88. The van der Waals surface area contributed by atoms with E-state index in [9.17, 15) is 24.0 Å². The Balaban J connectivity index is 4.01. The first-order valence-electron chi connectivity index (χ1n) is 21.8. The Morgan fingerprint density at radius 3 is 1.19 bits per heavy atom. The molecule has 1 unspecified atom stereocenters. The first kappa shape index (κ1) is 51.5. The van der Waals surface area contributed by atoms with E-state index in [1.165, 1.54) is 14.2 Å². The smallest absolute Gasteiger partial charge is 0.306 e. The standard InChI is InChI=1S/C44H81NO9/c1-45(2)37-28-36-44(50)54-40(31-22-14-10-13-21-30-39(46)29-20-12-6-5-7-16-24-33-41(47)51-3)32-23-15-11-18-26-35-43(49)53-38-27-19-9-8-17-25-34-42(48)52-4/h40H,5-38H2,1-4H3. The number of carbonyl (C=O) groups excluding carboxylic acids is 5. The first-order chi connectivity index (χ1) is 26.2. The van der Waals surface area contributed by atoms with E-state index in [4.69, 9.17) is 9.47 Å². The molecule has 0 radical (unpaired) electrons. The molecule has 10 heteroatoms. The van der Waals surface area contributed by atoms with E-state index in [0.717, 1.165) is 173 Å². The highest BCUT2D eigenvalue weighted by molar-refractivity contribution is 5.78. The molecule has 0 heterocycles. The maximum atomic E-state index is 12.6. The molecule has 0 rings (SSSR count). The normalized spacial score (nSPS) is 11.7. The van der Waals surface area contributed by atoms with Crippen LogP contribution in [0.2, 0.25) is 0 Å². The fourth-order valence-electron chi connectivity index (χ4n) is 6.58. The van der Waals surface area contributed by atoms with E-state index >= 15 is 0 Å². The number of hydrogen-bond acceptors (Lipinski definition) is 10. The van der Waals surface area contributed by atoms with Gasteiger partial charge in [0.15, 0.2) is 0 Å². The minimum absolute atomic E-state index is 0.0341. The van der Waals surface area contributed by atoms with Crippen molar-refractivity contribution >= 4 is 29.7 Å². The van der Waals surface area contributed by atoms with Crippen molar-refractivity contribution in [3.63, 3.8) is 0 Å². The van der Waals surface area contributed by atoms with E-state index in [0.29, 0.717) is 50.9 Å². The summed E-state index contributed by atoms with van der Waals surface area (Å²) in [6.07, 6.45) is 29.6. The fraction of sp³-hybridized carbons (Fsp3) is 0.886. The van der Waals surface area contributed by atoms with Gasteiger partial charge >= 0.3 is 23.9 Å². The van der Waals surface area contributed by atoms with Gasteiger partial charge in [-0.1, -0.05) is 96.3 Å². The molecule has 10 nitrogen and oxygen atoms in total. The van der Waals surface area contributed by atoms with Gasteiger partial charge in [-0.15, -0.1) is 0 Å². The highest BCUT2D eigenvalue weighted by Gasteiger charge is 2.15. The number of methoxy groups -OCH3 is 2. The molecule has 0 bridgehead atoms. The largest absolute Gasteiger partial charge is 0.469 e. The van der Waals surface area contributed by atoms with Crippen LogP contribution in [0.4, 0.5) is 0 Å². The van der Waals surface area contributed by atoms with Gasteiger partial charge in [-0.05, 0) is 91.3 Å². The van der Waals surface area contributed by atoms with E-state index in [2.05, 4.69) is 14.4 Å². The summed E-state index contributed by atoms with van der Waals surface area (Å²) in [4.78, 5) is 61.3. The highest BCUT2D eigenvalue weighted by Crippen LogP contribution is 2.19. The van der Waals surface area contributed by atoms with Crippen LogP contribution < -0.4 is 0 Å². The summed E-state index contributed by atoms with van der Waals surface area (Å²) in [6, 6.07) is 0. The molecular formula is C44H81NO9. The van der Waals surface area contributed by atoms with Gasteiger partial charge in [-0.3, -0.25) is 24.0 Å². The van der Waals surface area contributed by atoms with E-state index < -0.39 is 0 Å². The zero-order chi connectivity index (χ0) is 39.9. The maximum Gasteiger partial charge on any atom is 0.306 e. The number of hydrogen-bond donors (Lipinski definition) is 0. The summed E-state index contributed by atoms with van der Waals surface area (Å²) in [5.74, 6) is -0.0852. The Morgan fingerprint density at radius 1 is 0.407 bits per heavy atom. The molecule has 0 saturated heterocycles. The van der Waals surface area contributed by atoms with Gasteiger partial charge in [0.25, 0.3) is 0 Å². The molecule has 0 spiro atoms. The third-order valence-electron chi connectivity index (χ3n) is 10.0. The van der Waals surface area contributed by atoms with Crippen LogP contribution in [0, 0.1) is 0 Å². The van der Waals surface area contributed by atoms with Crippen LogP contribution in [0.15, 0.2) is 0 Å². The van der Waals surface area contributed by atoms with Gasteiger partial charge < -0.3 is 23.8 Å². The molecule has 0 aliphatic heterocycles. The van der Waals surface area contributed by atoms with Crippen LogP contribution in [-0.4, -0.2) is 82.1 Å². The first-order valence-corrected chi connectivity index (χ1v) is 21.8. The van der Waals surface area contributed by atoms with Gasteiger partial charge in [-0.2, -0.15) is 0 Å². The second-order valence-electron chi connectivity index (χ2n) is 15.4. The van der Waals surface area contributed by atoms with Crippen molar-refractivity contribution in [3.05, 3.63) is 0 Å². The lowest BCUT2D eigenvalue weighted by atomic mass is 10.0. The van der Waals surface area contributed by atoms with Crippen LogP contribution in [0.25, 0.3) is 0 Å². The molecule has 0 fully saturated rings. The number of esters is 4. The SMILES string of the molecule is COC(=O)CCCCCCCCCC(=O)CCCCCCCC(CCCCCCCC(=O)OCCCCCCCCC(=O)OC)OC(=O)CCCN(C)C. The molecule has 316 valence electrons. The highest BCUT2D eigenvalue weighted by atomic mass is 16.5. The lowest BCUT2D eigenvalue weighted by Gasteiger charge is -2.18. The zero-order valence-corrected chi connectivity index (χ0v) is 35.2. The van der Waals surface area contributed by atoms with Gasteiger partial charge in [0.1, 0.15) is 11.9 Å². The van der Waals surface area contributed by atoms with Crippen LogP contribution in [0.1, 0.15) is 205 Å². The van der Waals surface area contributed by atoms with Gasteiger partial charge in [-0.25, -0.2) is 0 Å². The predicted octanol–water partition coefficient (Wildman–Crippen LogP) is 10.4. The zero-order valence-electron chi connectivity index (χ0n) is 35.2. The second-order valence-corrected chi connectivity index (χ2v) is 15.4. The molecule has 0 aromatic heterocycles. The van der Waals surface area contributed by atoms with E-state index in [1.807, 2.05) is 14.1 Å². The van der Waals surface area contributed by atoms with Gasteiger partial charge in [0.05, 0.1) is 20.8 Å². The molecular weight excluding hydrogens is 686 g/mol. The summed E-state index contributed by atoms with van der Waals surface area (Å²) in [5, 5.41) is 0. The Hall–Kier alpha value is -2.49. The molecule has 0 N–H and O–H groups in total. The van der Waals surface area contributed by atoms with Crippen LogP contribution in [0.3, 0.4) is 0 Å². The average molecular weight is 768 g/mol. The Labute approximate surface area is 329 Å². The fourth-order valence-corrected chi connectivity index (χ4v) is 6.58. The van der Waals surface area contributed by atoms with Crippen molar-refractivity contribution < 1.29 is 42.9 Å². The quantitative estimate of drug-likeness (QED) is 0.0338. The van der Waals surface area contributed by atoms with Crippen LogP contribution in [0.5, 0.6) is 0 Å². The average Bonchev–Trinajstić information content (AvgIpc) is 3.15.